The lowest BCUT2D eigenvalue weighted by atomic mass is 10.00. The molecule has 26 heavy (non-hydrogen) atoms. The predicted molar refractivity (Wildman–Crippen MR) is 96.1 cm³/mol. The smallest absolute Gasteiger partial charge is 0.225 e. The van der Waals surface area contributed by atoms with Crippen molar-refractivity contribution in [3.63, 3.8) is 0 Å². The van der Waals surface area contributed by atoms with Gasteiger partial charge in [0.15, 0.2) is 9.84 Å². The zero-order valence-corrected chi connectivity index (χ0v) is 16.0. The van der Waals surface area contributed by atoms with Crippen LogP contribution < -0.4 is 4.90 Å². The molecule has 3 fully saturated rings. The van der Waals surface area contributed by atoms with Gasteiger partial charge in [-0.25, -0.2) is 26.8 Å². The molecule has 8 nitrogen and oxygen atoms in total. The van der Waals surface area contributed by atoms with Crippen LogP contribution in [-0.2, 0) is 25.6 Å². The van der Waals surface area contributed by atoms with Crippen LogP contribution in [-0.4, -0.2) is 67.8 Å². The summed E-state index contributed by atoms with van der Waals surface area (Å²) in [5, 5.41) is -1.01. The fourth-order valence-corrected chi connectivity index (χ4v) is 8.36. The second-order valence-corrected chi connectivity index (χ2v) is 12.2. The van der Waals surface area contributed by atoms with Gasteiger partial charge in [0.1, 0.15) is 0 Å². The van der Waals surface area contributed by atoms with E-state index < -0.39 is 25.1 Å². The van der Waals surface area contributed by atoms with Crippen molar-refractivity contribution in [2.75, 3.05) is 31.1 Å². The number of sulfonamides is 1. The molecule has 0 spiro atoms. The maximum atomic E-state index is 12.7. The molecule has 0 amide bonds. The normalized spacial score (nSPS) is 31.0. The summed E-state index contributed by atoms with van der Waals surface area (Å²) in [5.41, 5.74) is 1.36. The molecule has 1 aromatic heterocycles. The van der Waals surface area contributed by atoms with Crippen molar-refractivity contribution >= 4 is 25.8 Å². The van der Waals surface area contributed by atoms with E-state index in [1.807, 2.05) is 0 Å². The minimum absolute atomic E-state index is 0.0638. The molecule has 4 heterocycles. The van der Waals surface area contributed by atoms with E-state index in [-0.39, 0.29) is 30.0 Å². The maximum absolute atomic E-state index is 12.7. The summed E-state index contributed by atoms with van der Waals surface area (Å²) in [6.45, 7) is 2.10. The Labute approximate surface area is 153 Å². The zero-order chi connectivity index (χ0) is 18.1. The Morgan fingerprint density at radius 3 is 2.54 bits per heavy atom. The van der Waals surface area contributed by atoms with Crippen LogP contribution in [0.1, 0.15) is 42.9 Å². The largest absolute Gasteiger partial charge is 0.341 e. The van der Waals surface area contributed by atoms with Gasteiger partial charge >= 0.3 is 0 Å². The molecule has 2 atom stereocenters. The Morgan fingerprint density at radius 2 is 1.85 bits per heavy atom. The van der Waals surface area contributed by atoms with Crippen molar-refractivity contribution in [3.05, 3.63) is 17.5 Å². The van der Waals surface area contributed by atoms with Crippen LogP contribution in [0.15, 0.2) is 6.20 Å². The van der Waals surface area contributed by atoms with Gasteiger partial charge in [-0.3, -0.25) is 0 Å². The summed E-state index contributed by atoms with van der Waals surface area (Å²) in [7, 11) is -6.79. The summed E-state index contributed by atoms with van der Waals surface area (Å²) in [5.74, 6) is 0.158. The molecule has 3 aliphatic heterocycles. The Bertz CT molecular complexity index is 952. The first-order valence-corrected chi connectivity index (χ1v) is 12.4. The fraction of sp³-hybridized carbons (Fsp3) is 0.750. The van der Waals surface area contributed by atoms with Crippen LogP contribution in [0.25, 0.3) is 0 Å². The maximum Gasteiger partial charge on any atom is 0.225 e. The van der Waals surface area contributed by atoms with Gasteiger partial charge in [0.25, 0.3) is 0 Å². The van der Waals surface area contributed by atoms with Gasteiger partial charge in [-0.05, 0) is 25.7 Å². The molecule has 4 aliphatic rings. The third kappa shape index (κ3) is 2.56. The van der Waals surface area contributed by atoms with Crippen molar-refractivity contribution in [3.8, 4) is 0 Å². The Balaban J connectivity index is 1.53. The SMILES string of the molecule is O=S1(=O)Cc2cnc(N3CCCC3)nc2[C@@H]2CN(S(=O)(=O)C3CC3)C[C@@H]21. The third-order valence-electron chi connectivity index (χ3n) is 5.98. The van der Waals surface area contributed by atoms with E-state index in [1.54, 1.807) is 6.20 Å². The van der Waals surface area contributed by atoms with Gasteiger partial charge in [0.2, 0.25) is 16.0 Å². The number of anilines is 1. The van der Waals surface area contributed by atoms with Gasteiger partial charge in [-0.2, -0.15) is 4.31 Å². The van der Waals surface area contributed by atoms with Crippen LogP contribution in [0.3, 0.4) is 0 Å². The summed E-state index contributed by atoms with van der Waals surface area (Å²) in [6, 6.07) is 0. The first-order valence-electron chi connectivity index (χ1n) is 9.17. The second kappa shape index (κ2) is 5.62. The molecule has 10 heteroatoms. The van der Waals surface area contributed by atoms with Gasteiger partial charge < -0.3 is 4.90 Å². The highest BCUT2D eigenvalue weighted by molar-refractivity contribution is 7.92. The number of sulfone groups is 1. The van der Waals surface area contributed by atoms with E-state index >= 15 is 0 Å². The molecule has 0 bridgehead atoms. The molecule has 1 aliphatic carbocycles. The van der Waals surface area contributed by atoms with Crippen LogP contribution >= 0.6 is 0 Å². The number of nitrogens with zero attached hydrogens (tertiary/aromatic N) is 4. The number of aromatic nitrogens is 2. The molecular formula is C16H22N4O4S2. The van der Waals surface area contributed by atoms with E-state index in [9.17, 15) is 16.8 Å². The van der Waals surface area contributed by atoms with E-state index in [2.05, 4.69) is 9.88 Å². The fourth-order valence-electron chi connectivity index (χ4n) is 4.39. The molecular weight excluding hydrogens is 376 g/mol. The highest BCUT2D eigenvalue weighted by Crippen LogP contribution is 2.42. The molecule has 142 valence electrons. The summed E-state index contributed by atoms with van der Waals surface area (Å²) >= 11 is 0. The lowest BCUT2D eigenvalue weighted by Gasteiger charge is -2.27. The first-order chi connectivity index (χ1) is 12.4. The lowest BCUT2D eigenvalue weighted by molar-refractivity contribution is 0.471. The quantitative estimate of drug-likeness (QED) is 0.720. The molecule has 5 rings (SSSR count). The number of hydrogen-bond acceptors (Lipinski definition) is 7. The highest BCUT2D eigenvalue weighted by Gasteiger charge is 2.52. The topological polar surface area (TPSA) is 101 Å². The van der Waals surface area contributed by atoms with Crippen LogP contribution in [0, 0.1) is 0 Å². The molecule has 0 N–H and O–H groups in total. The van der Waals surface area contributed by atoms with Crippen molar-refractivity contribution in [1.29, 1.82) is 0 Å². The van der Waals surface area contributed by atoms with Crippen molar-refractivity contribution in [2.24, 2.45) is 0 Å². The van der Waals surface area contributed by atoms with E-state index in [0.29, 0.717) is 24.4 Å². The first kappa shape index (κ1) is 16.9. The average molecular weight is 399 g/mol. The van der Waals surface area contributed by atoms with Crippen molar-refractivity contribution < 1.29 is 16.8 Å². The van der Waals surface area contributed by atoms with Crippen LogP contribution in [0.4, 0.5) is 5.95 Å². The summed E-state index contributed by atoms with van der Waals surface area (Å²) in [4.78, 5) is 11.2. The van der Waals surface area contributed by atoms with Gasteiger partial charge in [0, 0.05) is 43.9 Å². The molecule has 2 saturated heterocycles. The van der Waals surface area contributed by atoms with Crippen LogP contribution in [0.5, 0.6) is 0 Å². The van der Waals surface area contributed by atoms with Crippen LogP contribution in [0.2, 0.25) is 0 Å². The minimum atomic E-state index is -3.40. The molecule has 0 unspecified atom stereocenters. The summed E-state index contributed by atoms with van der Waals surface area (Å²) in [6.07, 6.45) is 5.20. The third-order valence-corrected chi connectivity index (χ3v) is 10.4. The van der Waals surface area contributed by atoms with Gasteiger partial charge in [-0.1, -0.05) is 0 Å². The Hall–Kier alpha value is -1.26. The molecule has 0 radical (unpaired) electrons. The van der Waals surface area contributed by atoms with Crippen molar-refractivity contribution in [1.82, 2.24) is 14.3 Å². The number of fused-ring (bicyclic) bond motifs is 3. The average Bonchev–Trinajstić information content (AvgIpc) is 3.13. The molecule has 1 saturated carbocycles. The van der Waals surface area contributed by atoms with E-state index in [1.165, 1.54) is 4.31 Å². The Kier molecular flexibility index (Phi) is 3.65. The highest BCUT2D eigenvalue weighted by atomic mass is 32.2. The second-order valence-electron chi connectivity index (χ2n) is 7.79. The molecule has 1 aromatic rings. The Morgan fingerprint density at radius 1 is 1.12 bits per heavy atom. The van der Waals surface area contributed by atoms with Gasteiger partial charge in [0.05, 0.1) is 21.9 Å². The summed E-state index contributed by atoms with van der Waals surface area (Å²) < 4.78 is 52.1. The lowest BCUT2D eigenvalue weighted by Crippen LogP contribution is -2.36. The van der Waals surface area contributed by atoms with Gasteiger partial charge in [-0.15, -0.1) is 0 Å². The minimum Gasteiger partial charge on any atom is -0.341 e. The number of hydrogen-bond donors (Lipinski definition) is 0. The zero-order valence-electron chi connectivity index (χ0n) is 14.4. The number of rotatable bonds is 3. The van der Waals surface area contributed by atoms with E-state index in [4.69, 9.17) is 4.98 Å². The standard InChI is InChI=1S/C16H22N4O4S2/c21-25(22)10-11-7-17-16(19-5-1-2-6-19)18-15(11)13-8-20(9-14(13)25)26(23,24)12-3-4-12/h7,12-14H,1-6,8-10H2/t13-,14+/m1/s1. The van der Waals surface area contributed by atoms with E-state index in [0.717, 1.165) is 31.6 Å². The van der Waals surface area contributed by atoms with Crippen molar-refractivity contribution in [2.45, 2.75) is 47.9 Å². The molecule has 0 aromatic carbocycles. The predicted octanol–water partition coefficient (Wildman–Crippen LogP) is 0.265. The monoisotopic (exact) mass is 398 g/mol.